The number of sulfonamides is 1. The lowest BCUT2D eigenvalue weighted by molar-refractivity contribution is 0.590. The van der Waals surface area contributed by atoms with Crippen LogP contribution in [0.4, 0.5) is 5.13 Å². The normalized spacial score (nSPS) is 11.4. The van der Waals surface area contributed by atoms with Crippen molar-refractivity contribution in [2.45, 2.75) is 11.4 Å². The zero-order chi connectivity index (χ0) is 18.7. The number of hydrogen-bond acceptors (Lipinski definition) is 6. The topological polar surface area (TPSA) is 63.2 Å². The van der Waals surface area contributed by atoms with Crippen LogP contribution < -0.4 is 4.31 Å². The van der Waals surface area contributed by atoms with Crippen LogP contribution in [0.1, 0.15) is 5.56 Å². The molecule has 0 atom stereocenters. The number of benzene rings is 2. The minimum Gasteiger partial charge on any atom is -0.245 e. The predicted molar refractivity (Wildman–Crippen MR) is 109 cm³/mol. The van der Waals surface area contributed by atoms with Crippen LogP contribution in [0.5, 0.6) is 0 Å². The Labute approximate surface area is 165 Å². The van der Waals surface area contributed by atoms with Crippen LogP contribution in [0.15, 0.2) is 82.6 Å². The summed E-state index contributed by atoms with van der Waals surface area (Å²) in [6.07, 6.45) is 3.34. The number of nitrogens with zero attached hydrogens (tertiary/aromatic N) is 3. The molecule has 2 aromatic heterocycles. The van der Waals surface area contributed by atoms with Gasteiger partial charge in [0.1, 0.15) is 5.01 Å². The molecule has 4 rings (SSSR count). The van der Waals surface area contributed by atoms with Crippen molar-refractivity contribution in [3.05, 3.63) is 83.3 Å². The maximum Gasteiger partial charge on any atom is 0.266 e. The zero-order valence-electron chi connectivity index (χ0n) is 14.1. The van der Waals surface area contributed by atoms with E-state index in [0.29, 0.717) is 5.13 Å². The first-order valence-corrected chi connectivity index (χ1v) is 11.3. The molecule has 0 bridgehead atoms. The van der Waals surface area contributed by atoms with Gasteiger partial charge >= 0.3 is 0 Å². The van der Waals surface area contributed by atoms with Gasteiger partial charge in [0.2, 0.25) is 0 Å². The Balaban J connectivity index is 1.70. The molecule has 27 heavy (non-hydrogen) atoms. The van der Waals surface area contributed by atoms with Gasteiger partial charge in [0.05, 0.1) is 11.4 Å². The van der Waals surface area contributed by atoms with E-state index in [4.69, 9.17) is 0 Å². The minimum absolute atomic E-state index is 0.227. The van der Waals surface area contributed by atoms with Gasteiger partial charge in [-0.25, -0.2) is 22.7 Å². The lowest BCUT2D eigenvalue weighted by Crippen LogP contribution is -2.30. The van der Waals surface area contributed by atoms with E-state index in [0.717, 1.165) is 16.1 Å². The molecule has 0 saturated heterocycles. The summed E-state index contributed by atoms with van der Waals surface area (Å²) < 4.78 is 28.0. The molecule has 4 aromatic rings. The summed E-state index contributed by atoms with van der Waals surface area (Å²) in [4.78, 5) is 8.71. The van der Waals surface area contributed by atoms with E-state index < -0.39 is 10.0 Å². The highest BCUT2D eigenvalue weighted by molar-refractivity contribution is 7.93. The van der Waals surface area contributed by atoms with E-state index in [9.17, 15) is 8.42 Å². The predicted octanol–water partition coefficient (Wildman–Crippen LogP) is 4.66. The lowest BCUT2D eigenvalue weighted by Gasteiger charge is -2.22. The Morgan fingerprint density at radius 3 is 2.19 bits per heavy atom. The van der Waals surface area contributed by atoms with Gasteiger partial charge in [-0.1, -0.05) is 42.5 Å². The van der Waals surface area contributed by atoms with Crippen molar-refractivity contribution >= 4 is 37.8 Å². The average Bonchev–Trinajstić information content (AvgIpc) is 3.41. The van der Waals surface area contributed by atoms with Crippen LogP contribution in [-0.4, -0.2) is 18.4 Å². The Morgan fingerprint density at radius 1 is 0.852 bits per heavy atom. The van der Waals surface area contributed by atoms with Crippen LogP contribution in [0.2, 0.25) is 0 Å². The molecule has 0 aliphatic rings. The Bertz CT molecular complexity index is 1090. The Morgan fingerprint density at radius 2 is 1.56 bits per heavy atom. The second-order valence-corrected chi connectivity index (χ2v) is 9.30. The summed E-state index contributed by atoms with van der Waals surface area (Å²) in [5.74, 6) is 0. The molecule has 136 valence electrons. The molecule has 0 aliphatic heterocycles. The van der Waals surface area contributed by atoms with Gasteiger partial charge < -0.3 is 0 Å². The van der Waals surface area contributed by atoms with Crippen molar-refractivity contribution < 1.29 is 8.42 Å². The highest BCUT2D eigenvalue weighted by Crippen LogP contribution is 2.29. The van der Waals surface area contributed by atoms with E-state index in [-0.39, 0.29) is 11.4 Å². The quantitative estimate of drug-likeness (QED) is 0.461. The summed E-state index contributed by atoms with van der Waals surface area (Å²) in [5.41, 5.74) is 1.79. The molecule has 0 aliphatic carbocycles. The largest absolute Gasteiger partial charge is 0.266 e. The summed E-state index contributed by atoms with van der Waals surface area (Å²) in [7, 11) is -3.74. The van der Waals surface area contributed by atoms with Crippen molar-refractivity contribution in [3.8, 4) is 10.6 Å². The van der Waals surface area contributed by atoms with Crippen LogP contribution in [0, 0.1) is 0 Å². The SMILES string of the molecule is O=S(=O)(c1ccc(-c2nccs2)cc1)N(Cc1ccccc1)c1nccs1. The molecule has 0 saturated carbocycles. The second kappa shape index (κ2) is 7.59. The van der Waals surface area contributed by atoms with Gasteiger partial charge in [0.25, 0.3) is 10.0 Å². The third kappa shape index (κ3) is 3.78. The first kappa shape index (κ1) is 17.8. The summed E-state index contributed by atoms with van der Waals surface area (Å²) in [6.45, 7) is 0.227. The zero-order valence-corrected chi connectivity index (χ0v) is 16.5. The smallest absolute Gasteiger partial charge is 0.245 e. The molecule has 0 spiro atoms. The fraction of sp³-hybridized carbons (Fsp3) is 0.0526. The second-order valence-electron chi connectivity index (χ2n) is 5.67. The molecule has 0 fully saturated rings. The molecule has 2 heterocycles. The van der Waals surface area contributed by atoms with Crippen molar-refractivity contribution in [1.29, 1.82) is 0 Å². The van der Waals surface area contributed by atoms with Crippen LogP contribution in [0.3, 0.4) is 0 Å². The number of thiazole rings is 2. The number of rotatable bonds is 6. The molecular weight excluding hydrogens is 398 g/mol. The molecule has 5 nitrogen and oxygen atoms in total. The van der Waals surface area contributed by atoms with Crippen molar-refractivity contribution in [1.82, 2.24) is 9.97 Å². The monoisotopic (exact) mass is 413 g/mol. The van der Waals surface area contributed by atoms with Gasteiger partial charge in [-0.2, -0.15) is 0 Å². The fourth-order valence-electron chi connectivity index (χ4n) is 2.61. The standard InChI is InChI=1S/C19H15N3O2S3/c23-27(24,17-8-6-16(7-9-17)18-20-10-12-25-18)22(19-21-11-13-26-19)14-15-4-2-1-3-5-15/h1-13H,14H2. The third-order valence-electron chi connectivity index (χ3n) is 3.92. The molecule has 0 unspecified atom stereocenters. The summed E-state index contributed by atoms with van der Waals surface area (Å²) in [6, 6.07) is 16.3. The molecule has 0 radical (unpaired) electrons. The Kier molecular flexibility index (Phi) is 5.02. The molecule has 2 aromatic carbocycles. The third-order valence-corrected chi connectivity index (χ3v) is 7.41. The van der Waals surface area contributed by atoms with Crippen molar-refractivity contribution in [2.24, 2.45) is 0 Å². The number of anilines is 1. The minimum atomic E-state index is -3.74. The van der Waals surface area contributed by atoms with Gasteiger partial charge in [-0.3, -0.25) is 0 Å². The van der Waals surface area contributed by atoms with Crippen LogP contribution in [0.25, 0.3) is 10.6 Å². The van der Waals surface area contributed by atoms with E-state index in [2.05, 4.69) is 9.97 Å². The van der Waals surface area contributed by atoms with Gasteiger partial charge in [0, 0.05) is 28.7 Å². The van der Waals surface area contributed by atoms with E-state index in [1.165, 1.54) is 27.0 Å². The van der Waals surface area contributed by atoms with Gasteiger partial charge in [-0.15, -0.1) is 22.7 Å². The van der Waals surface area contributed by atoms with E-state index >= 15 is 0 Å². The summed E-state index contributed by atoms with van der Waals surface area (Å²) in [5, 5.41) is 4.97. The van der Waals surface area contributed by atoms with Crippen molar-refractivity contribution in [2.75, 3.05) is 4.31 Å². The lowest BCUT2D eigenvalue weighted by atomic mass is 10.2. The van der Waals surface area contributed by atoms with Crippen molar-refractivity contribution in [3.63, 3.8) is 0 Å². The average molecular weight is 414 g/mol. The Hall–Kier alpha value is -2.55. The van der Waals surface area contributed by atoms with E-state index in [1.54, 1.807) is 42.0 Å². The maximum atomic E-state index is 13.3. The highest BCUT2D eigenvalue weighted by atomic mass is 32.2. The number of hydrogen-bond donors (Lipinski definition) is 0. The first-order chi connectivity index (χ1) is 13.1. The molecular formula is C19H15N3O2S3. The molecule has 0 N–H and O–H groups in total. The van der Waals surface area contributed by atoms with Crippen LogP contribution in [-0.2, 0) is 16.6 Å². The highest BCUT2D eigenvalue weighted by Gasteiger charge is 2.27. The molecule has 0 amide bonds. The van der Waals surface area contributed by atoms with Crippen LogP contribution >= 0.6 is 22.7 Å². The fourth-order valence-corrected chi connectivity index (χ4v) is 5.53. The van der Waals surface area contributed by atoms with Gasteiger partial charge in [0.15, 0.2) is 5.13 Å². The number of aromatic nitrogens is 2. The molecule has 8 heteroatoms. The van der Waals surface area contributed by atoms with E-state index in [1.807, 2.05) is 35.7 Å². The first-order valence-electron chi connectivity index (χ1n) is 8.11. The maximum absolute atomic E-state index is 13.3. The van der Waals surface area contributed by atoms with Gasteiger partial charge in [-0.05, 0) is 17.7 Å². The summed E-state index contributed by atoms with van der Waals surface area (Å²) >= 11 is 2.82.